The van der Waals surface area contributed by atoms with Crippen molar-refractivity contribution >= 4 is 5.97 Å². The van der Waals surface area contributed by atoms with E-state index in [1.54, 1.807) is 0 Å². The Hall–Kier alpha value is -0.850. The number of hydrogen-bond donors (Lipinski definition) is 2. The molecule has 0 aliphatic heterocycles. The van der Waals surface area contributed by atoms with E-state index in [-0.39, 0.29) is 0 Å². The molecule has 2 atom stereocenters. The summed E-state index contributed by atoms with van der Waals surface area (Å²) in [5, 5.41) is 16.6. The maximum absolute atomic E-state index is 12.8. The zero-order valence-electron chi connectivity index (χ0n) is 6.60. The molecule has 0 rings (SSSR count). The fraction of sp³-hybridized carbons (Fsp3) is 0.833. The number of aliphatic hydroxyl groups is 1. The van der Waals surface area contributed by atoms with Crippen molar-refractivity contribution < 1.29 is 32.6 Å². The molecule has 0 aliphatic rings. The Bertz CT molecular complexity index is 203. The standard InChI is InChI=1S/C6H8F4O3/c1-2-3(11)5(7,4(12)13)6(8,9)10/h3,11H,2H2,1H3,(H,12,13). The summed E-state index contributed by atoms with van der Waals surface area (Å²) in [6.45, 7) is 1.05. The maximum Gasteiger partial charge on any atom is 0.436 e. The fourth-order valence-corrected chi connectivity index (χ4v) is 0.734. The van der Waals surface area contributed by atoms with Crippen molar-refractivity contribution in [2.24, 2.45) is 0 Å². The molecule has 78 valence electrons. The minimum atomic E-state index is -5.62. The molecule has 0 bridgehead atoms. The SMILES string of the molecule is CCC(O)C(F)(C(=O)O)C(F)(F)F. The number of aliphatic hydroxyl groups excluding tert-OH is 1. The lowest BCUT2D eigenvalue weighted by Crippen LogP contribution is -2.56. The molecule has 0 aromatic heterocycles. The van der Waals surface area contributed by atoms with Crippen LogP contribution in [-0.2, 0) is 4.79 Å². The van der Waals surface area contributed by atoms with E-state index in [1.807, 2.05) is 0 Å². The second kappa shape index (κ2) is 3.49. The summed E-state index contributed by atoms with van der Waals surface area (Å²) in [5.41, 5.74) is -4.58. The molecule has 0 amide bonds. The summed E-state index contributed by atoms with van der Waals surface area (Å²) in [4.78, 5) is 10.0. The predicted molar refractivity (Wildman–Crippen MR) is 33.8 cm³/mol. The van der Waals surface area contributed by atoms with Crippen molar-refractivity contribution in [3.63, 3.8) is 0 Å². The van der Waals surface area contributed by atoms with Crippen LogP contribution in [0.4, 0.5) is 17.6 Å². The van der Waals surface area contributed by atoms with E-state index in [4.69, 9.17) is 10.2 Å². The molecule has 0 saturated heterocycles. The summed E-state index contributed by atoms with van der Waals surface area (Å²) in [5.74, 6) is -2.73. The van der Waals surface area contributed by atoms with E-state index in [1.165, 1.54) is 0 Å². The summed E-state index contributed by atoms with van der Waals surface area (Å²) in [6.07, 6.45) is -8.85. The van der Waals surface area contributed by atoms with Gasteiger partial charge in [-0.3, -0.25) is 0 Å². The quantitative estimate of drug-likeness (QED) is 0.677. The minimum Gasteiger partial charge on any atom is -0.479 e. The van der Waals surface area contributed by atoms with Gasteiger partial charge in [0, 0.05) is 0 Å². The summed E-state index contributed by atoms with van der Waals surface area (Å²) in [6, 6.07) is 0. The number of halogens is 4. The number of aliphatic carboxylic acids is 1. The van der Waals surface area contributed by atoms with E-state index in [9.17, 15) is 22.4 Å². The van der Waals surface area contributed by atoms with Crippen LogP contribution >= 0.6 is 0 Å². The fourth-order valence-electron chi connectivity index (χ4n) is 0.734. The highest BCUT2D eigenvalue weighted by Crippen LogP contribution is 2.38. The van der Waals surface area contributed by atoms with Crippen LogP contribution in [0.1, 0.15) is 13.3 Å². The van der Waals surface area contributed by atoms with Gasteiger partial charge in [-0.1, -0.05) is 6.92 Å². The first-order chi connectivity index (χ1) is 5.67. The first-order valence-corrected chi connectivity index (χ1v) is 3.35. The lowest BCUT2D eigenvalue weighted by molar-refractivity contribution is -0.259. The molecule has 0 radical (unpaired) electrons. The molecule has 3 nitrogen and oxygen atoms in total. The monoisotopic (exact) mass is 204 g/mol. The van der Waals surface area contributed by atoms with Gasteiger partial charge in [-0.2, -0.15) is 13.2 Å². The zero-order valence-corrected chi connectivity index (χ0v) is 6.60. The molecule has 2 unspecified atom stereocenters. The highest BCUT2D eigenvalue weighted by Gasteiger charge is 2.66. The number of carboxylic acid groups (broad SMARTS) is 1. The average molecular weight is 204 g/mol. The van der Waals surface area contributed by atoms with Crippen LogP contribution in [0.15, 0.2) is 0 Å². The highest BCUT2D eigenvalue weighted by atomic mass is 19.4. The third-order valence-electron chi connectivity index (χ3n) is 1.57. The molecule has 2 N–H and O–H groups in total. The van der Waals surface area contributed by atoms with Crippen molar-refractivity contribution in [2.45, 2.75) is 31.3 Å². The molecule has 0 aliphatic carbocycles. The van der Waals surface area contributed by atoms with Gasteiger partial charge in [-0.25, -0.2) is 9.18 Å². The molecular formula is C6H8F4O3. The number of rotatable bonds is 3. The molecule has 0 aromatic carbocycles. The minimum absolute atomic E-state index is 0.637. The van der Waals surface area contributed by atoms with Gasteiger partial charge in [0.25, 0.3) is 0 Å². The highest BCUT2D eigenvalue weighted by molar-refractivity contribution is 5.79. The van der Waals surface area contributed by atoms with Crippen LogP contribution in [0, 0.1) is 0 Å². The van der Waals surface area contributed by atoms with E-state index < -0.39 is 30.3 Å². The molecule has 0 fully saturated rings. The van der Waals surface area contributed by atoms with E-state index in [0.717, 1.165) is 6.92 Å². The molecular weight excluding hydrogens is 196 g/mol. The van der Waals surface area contributed by atoms with Crippen molar-refractivity contribution in [2.75, 3.05) is 0 Å². The second-order valence-electron chi connectivity index (χ2n) is 2.44. The summed E-state index contributed by atoms with van der Waals surface area (Å²) in [7, 11) is 0. The second-order valence-corrected chi connectivity index (χ2v) is 2.44. The largest absolute Gasteiger partial charge is 0.479 e. The summed E-state index contributed by atoms with van der Waals surface area (Å²) >= 11 is 0. The number of carbonyl (C=O) groups is 1. The Balaban J connectivity index is 5.08. The molecule has 13 heavy (non-hydrogen) atoms. The first-order valence-electron chi connectivity index (χ1n) is 3.35. The third kappa shape index (κ3) is 1.90. The van der Waals surface area contributed by atoms with Crippen LogP contribution < -0.4 is 0 Å². The van der Waals surface area contributed by atoms with E-state index >= 15 is 0 Å². The van der Waals surface area contributed by atoms with Gasteiger partial charge in [0.1, 0.15) is 6.10 Å². The van der Waals surface area contributed by atoms with Gasteiger partial charge in [0.2, 0.25) is 0 Å². The van der Waals surface area contributed by atoms with Crippen LogP contribution in [-0.4, -0.2) is 34.1 Å². The van der Waals surface area contributed by atoms with E-state index in [0.29, 0.717) is 0 Å². The van der Waals surface area contributed by atoms with Gasteiger partial charge in [-0.05, 0) is 6.42 Å². The van der Waals surface area contributed by atoms with Gasteiger partial charge in [0.15, 0.2) is 0 Å². The Morgan fingerprint density at radius 3 is 1.85 bits per heavy atom. The first kappa shape index (κ1) is 12.2. The molecule has 7 heteroatoms. The predicted octanol–water partition coefficient (Wildman–Crippen LogP) is 1.11. The van der Waals surface area contributed by atoms with Crippen LogP contribution in [0.5, 0.6) is 0 Å². The molecule has 0 aromatic rings. The van der Waals surface area contributed by atoms with Crippen LogP contribution in [0.3, 0.4) is 0 Å². The normalized spacial score (nSPS) is 19.2. The lowest BCUT2D eigenvalue weighted by Gasteiger charge is -2.27. The Morgan fingerprint density at radius 1 is 1.38 bits per heavy atom. The van der Waals surface area contributed by atoms with Gasteiger partial charge in [-0.15, -0.1) is 0 Å². The number of carboxylic acids is 1. The Labute approximate surface area is 71.0 Å². The lowest BCUT2D eigenvalue weighted by atomic mass is 9.96. The van der Waals surface area contributed by atoms with Crippen LogP contribution in [0.2, 0.25) is 0 Å². The smallest absolute Gasteiger partial charge is 0.436 e. The molecule has 0 saturated carbocycles. The van der Waals surface area contributed by atoms with Gasteiger partial charge < -0.3 is 10.2 Å². The molecule has 0 spiro atoms. The summed E-state index contributed by atoms with van der Waals surface area (Å²) < 4.78 is 48.5. The van der Waals surface area contributed by atoms with Crippen molar-refractivity contribution in [3.8, 4) is 0 Å². The number of hydrogen-bond acceptors (Lipinski definition) is 2. The third-order valence-corrected chi connectivity index (χ3v) is 1.57. The van der Waals surface area contributed by atoms with Gasteiger partial charge >= 0.3 is 17.8 Å². The van der Waals surface area contributed by atoms with Crippen LogP contribution in [0.25, 0.3) is 0 Å². The van der Waals surface area contributed by atoms with Crippen molar-refractivity contribution in [1.29, 1.82) is 0 Å². The van der Waals surface area contributed by atoms with Gasteiger partial charge in [0.05, 0.1) is 0 Å². The van der Waals surface area contributed by atoms with Crippen molar-refractivity contribution in [1.82, 2.24) is 0 Å². The number of alkyl halides is 4. The maximum atomic E-state index is 12.8. The van der Waals surface area contributed by atoms with Crippen molar-refractivity contribution in [3.05, 3.63) is 0 Å². The molecule has 0 heterocycles. The average Bonchev–Trinajstić information content (AvgIpc) is 1.98. The topological polar surface area (TPSA) is 57.5 Å². The zero-order chi connectivity index (χ0) is 10.9. The van der Waals surface area contributed by atoms with E-state index in [2.05, 4.69) is 0 Å². The Kier molecular flexibility index (Phi) is 3.26. The Morgan fingerprint density at radius 2 is 1.77 bits per heavy atom.